The van der Waals surface area contributed by atoms with Gasteiger partial charge in [0.25, 0.3) is 5.91 Å². The van der Waals surface area contributed by atoms with E-state index in [4.69, 9.17) is 4.74 Å². The van der Waals surface area contributed by atoms with Gasteiger partial charge in [0.2, 0.25) is 0 Å². The number of ether oxygens (including phenoxy) is 1. The average molecular weight is 351 g/mol. The minimum atomic E-state index is -0.275. The molecule has 0 unspecified atom stereocenters. The molecule has 0 aliphatic carbocycles. The van der Waals surface area contributed by atoms with Crippen LogP contribution in [-0.4, -0.2) is 22.3 Å². The quantitative estimate of drug-likeness (QED) is 0.775. The van der Waals surface area contributed by atoms with Gasteiger partial charge < -0.3 is 10.1 Å². The zero-order chi connectivity index (χ0) is 18.3. The first-order chi connectivity index (χ1) is 12.6. The first-order valence-corrected chi connectivity index (χ1v) is 8.47. The molecule has 0 saturated carbocycles. The summed E-state index contributed by atoms with van der Waals surface area (Å²) in [6, 6.07) is 12.1. The van der Waals surface area contributed by atoms with Crippen molar-refractivity contribution in [2.24, 2.45) is 0 Å². The number of fused-ring (bicyclic) bond motifs is 1. The fraction of sp³-hybridized carbons (Fsp3) is 0.200. The molecule has 1 amide bonds. The summed E-state index contributed by atoms with van der Waals surface area (Å²) >= 11 is 0. The first-order valence-electron chi connectivity index (χ1n) is 8.47. The molecule has 1 aliphatic rings. The molecule has 132 valence electrons. The number of anilines is 1. The third-order valence-electron chi connectivity index (χ3n) is 4.45. The van der Waals surface area contributed by atoms with Gasteiger partial charge in [-0.2, -0.15) is 5.10 Å². The van der Waals surface area contributed by atoms with Crippen LogP contribution in [-0.2, 0) is 11.3 Å². The molecule has 5 nitrogen and oxygen atoms in total. The Morgan fingerprint density at radius 3 is 2.65 bits per heavy atom. The molecule has 0 fully saturated rings. The molecule has 0 radical (unpaired) electrons. The Balaban J connectivity index is 1.89. The summed E-state index contributed by atoms with van der Waals surface area (Å²) in [6.45, 7) is 4.69. The van der Waals surface area contributed by atoms with Crippen molar-refractivity contribution in [1.82, 2.24) is 9.78 Å². The topological polar surface area (TPSA) is 56.2 Å². The highest BCUT2D eigenvalue weighted by Crippen LogP contribution is 2.39. The molecule has 1 aromatic heterocycles. The lowest BCUT2D eigenvalue weighted by Crippen LogP contribution is -2.25. The monoisotopic (exact) mass is 351 g/mol. The van der Waals surface area contributed by atoms with Crippen LogP contribution in [0.5, 0.6) is 5.75 Å². The highest BCUT2D eigenvalue weighted by atomic mass is 19.1. The predicted octanol–water partition coefficient (Wildman–Crippen LogP) is 4.02. The van der Waals surface area contributed by atoms with Gasteiger partial charge in [-0.25, -0.2) is 4.39 Å². The van der Waals surface area contributed by atoms with Crippen molar-refractivity contribution in [3.63, 3.8) is 0 Å². The van der Waals surface area contributed by atoms with E-state index in [-0.39, 0.29) is 18.3 Å². The lowest BCUT2D eigenvalue weighted by molar-refractivity contribution is -0.118. The second-order valence-electron chi connectivity index (χ2n) is 6.18. The molecule has 1 N–H and O–H groups in total. The normalized spacial score (nSPS) is 13.1. The number of nitrogens with zero attached hydrogens (tertiary/aromatic N) is 2. The number of aryl methyl sites for hydroxylation is 2. The molecule has 2 heterocycles. The Morgan fingerprint density at radius 2 is 1.92 bits per heavy atom. The van der Waals surface area contributed by atoms with Crippen LogP contribution in [0.3, 0.4) is 0 Å². The van der Waals surface area contributed by atoms with Gasteiger partial charge in [-0.3, -0.25) is 9.48 Å². The lowest BCUT2D eigenvalue weighted by atomic mass is 9.98. The first kappa shape index (κ1) is 16.3. The molecule has 2 aromatic carbocycles. The highest BCUT2D eigenvalue weighted by molar-refractivity contribution is 5.97. The molecule has 6 heteroatoms. The van der Waals surface area contributed by atoms with E-state index in [1.54, 1.807) is 12.1 Å². The van der Waals surface area contributed by atoms with E-state index in [9.17, 15) is 9.18 Å². The Kier molecular flexibility index (Phi) is 3.95. The van der Waals surface area contributed by atoms with Crippen molar-refractivity contribution in [2.75, 3.05) is 11.9 Å². The molecule has 3 aromatic rings. The SMILES string of the molecule is CCn1nc(C)c(-c2ccc3c(c2)NC(=O)CO3)c1-c1ccc(F)cc1. The minimum absolute atomic E-state index is 0.0277. The Morgan fingerprint density at radius 1 is 1.19 bits per heavy atom. The predicted molar refractivity (Wildman–Crippen MR) is 97.6 cm³/mol. The maximum Gasteiger partial charge on any atom is 0.262 e. The molecule has 0 atom stereocenters. The van der Waals surface area contributed by atoms with Crippen molar-refractivity contribution in [3.8, 4) is 28.1 Å². The standard InChI is InChI=1S/C20H18FN3O2/c1-3-24-20(13-4-7-15(21)8-5-13)19(12(2)23-24)14-6-9-17-16(10-14)22-18(25)11-26-17/h4-10H,3,11H2,1-2H3,(H,22,25). The number of amides is 1. The van der Waals surface area contributed by atoms with Gasteiger partial charge in [0.1, 0.15) is 11.6 Å². The number of hydrogen-bond acceptors (Lipinski definition) is 3. The Hall–Kier alpha value is -3.15. The molecule has 0 spiro atoms. The van der Waals surface area contributed by atoms with Gasteiger partial charge >= 0.3 is 0 Å². The van der Waals surface area contributed by atoms with Crippen LogP contribution in [0.2, 0.25) is 0 Å². The summed E-state index contributed by atoms with van der Waals surface area (Å²) in [7, 11) is 0. The summed E-state index contributed by atoms with van der Waals surface area (Å²) in [5.41, 5.74) is 5.21. The zero-order valence-electron chi connectivity index (χ0n) is 14.5. The lowest BCUT2D eigenvalue weighted by Gasteiger charge is -2.19. The summed E-state index contributed by atoms with van der Waals surface area (Å²) in [6.07, 6.45) is 0. The van der Waals surface area contributed by atoms with E-state index in [0.29, 0.717) is 18.0 Å². The number of nitrogens with one attached hydrogen (secondary N) is 1. The smallest absolute Gasteiger partial charge is 0.262 e. The second-order valence-corrected chi connectivity index (χ2v) is 6.18. The van der Waals surface area contributed by atoms with E-state index in [2.05, 4.69) is 10.4 Å². The number of benzene rings is 2. The largest absolute Gasteiger partial charge is 0.482 e. The maximum absolute atomic E-state index is 13.4. The van der Waals surface area contributed by atoms with Gasteiger partial charge in [-0.05, 0) is 55.8 Å². The maximum atomic E-state index is 13.4. The summed E-state index contributed by atoms with van der Waals surface area (Å²) in [5, 5.41) is 7.47. The average Bonchev–Trinajstić information content (AvgIpc) is 2.98. The van der Waals surface area contributed by atoms with Gasteiger partial charge in [0.15, 0.2) is 6.61 Å². The van der Waals surface area contributed by atoms with Crippen molar-refractivity contribution in [2.45, 2.75) is 20.4 Å². The molecular weight excluding hydrogens is 333 g/mol. The van der Waals surface area contributed by atoms with Crippen LogP contribution < -0.4 is 10.1 Å². The van der Waals surface area contributed by atoms with E-state index in [1.807, 2.05) is 36.7 Å². The summed E-state index contributed by atoms with van der Waals surface area (Å²) < 4.78 is 20.7. The molecule has 0 bridgehead atoms. The van der Waals surface area contributed by atoms with Crippen LogP contribution >= 0.6 is 0 Å². The highest BCUT2D eigenvalue weighted by Gasteiger charge is 2.21. The van der Waals surface area contributed by atoms with Crippen LogP contribution in [0.15, 0.2) is 42.5 Å². The van der Waals surface area contributed by atoms with Crippen LogP contribution in [0.4, 0.5) is 10.1 Å². The fourth-order valence-corrected chi connectivity index (χ4v) is 3.30. The van der Waals surface area contributed by atoms with Crippen LogP contribution in [0.25, 0.3) is 22.4 Å². The second kappa shape index (κ2) is 6.29. The number of aromatic nitrogens is 2. The number of carbonyl (C=O) groups is 1. The third kappa shape index (κ3) is 2.73. The Bertz CT molecular complexity index is 993. The van der Waals surface area contributed by atoms with Crippen LogP contribution in [0, 0.1) is 12.7 Å². The summed E-state index contributed by atoms with van der Waals surface area (Å²) in [5.74, 6) is 0.204. The minimum Gasteiger partial charge on any atom is -0.482 e. The van der Waals surface area contributed by atoms with E-state index >= 15 is 0 Å². The number of carbonyl (C=O) groups excluding carboxylic acids is 1. The van der Waals surface area contributed by atoms with Crippen molar-refractivity contribution in [1.29, 1.82) is 0 Å². The van der Waals surface area contributed by atoms with Crippen LogP contribution in [0.1, 0.15) is 12.6 Å². The van der Waals surface area contributed by atoms with Crippen molar-refractivity contribution < 1.29 is 13.9 Å². The van der Waals surface area contributed by atoms with E-state index in [1.165, 1.54) is 12.1 Å². The number of halogens is 1. The van der Waals surface area contributed by atoms with E-state index < -0.39 is 0 Å². The molecule has 1 aliphatic heterocycles. The Labute approximate surface area is 150 Å². The number of rotatable bonds is 3. The third-order valence-corrected chi connectivity index (χ3v) is 4.45. The van der Waals surface area contributed by atoms with Gasteiger partial charge in [0, 0.05) is 17.7 Å². The molecule has 26 heavy (non-hydrogen) atoms. The summed E-state index contributed by atoms with van der Waals surface area (Å²) in [4.78, 5) is 11.6. The van der Waals surface area contributed by atoms with Gasteiger partial charge in [0.05, 0.1) is 17.1 Å². The zero-order valence-corrected chi connectivity index (χ0v) is 14.5. The van der Waals surface area contributed by atoms with Crippen molar-refractivity contribution in [3.05, 3.63) is 54.0 Å². The van der Waals surface area contributed by atoms with Crippen molar-refractivity contribution >= 4 is 11.6 Å². The number of hydrogen-bond donors (Lipinski definition) is 1. The van der Waals surface area contributed by atoms with Gasteiger partial charge in [-0.1, -0.05) is 6.07 Å². The molecule has 4 rings (SSSR count). The fourth-order valence-electron chi connectivity index (χ4n) is 3.30. The van der Waals surface area contributed by atoms with E-state index in [0.717, 1.165) is 28.1 Å². The molecular formula is C20H18FN3O2. The molecule has 0 saturated heterocycles. The van der Waals surface area contributed by atoms with Gasteiger partial charge in [-0.15, -0.1) is 0 Å².